The zero-order chi connectivity index (χ0) is 41.7. The fraction of sp³-hybridized carbons (Fsp3) is 0.596. The molecule has 3 aromatic rings. The number of imidazole rings is 1. The second-order valence-electron chi connectivity index (χ2n) is 17.1. The average Bonchev–Trinajstić information content (AvgIpc) is 3.69. The highest BCUT2D eigenvalue weighted by Gasteiger charge is 2.62. The molecule has 6 aliphatic rings. The van der Waals surface area contributed by atoms with Crippen LogP contribution >= 0.6 is 11.3 Å². The molecule has 59 heavy (non-hydrogen) atoms. The van der Waals surface area contributed by atoms with E-state index in [4.69, 9.17) is 9.72 Å². The van der Waals surface area contributed by atoms with Crippen LogP contribution in [0, 0.1) is 17.8 Å². The minimum Gasteiger partial charge on any atom is -0.464 e. The number of esters is 1. The number of benzene rings is 1. The van der Waals surface area contributed by atoms with Crippen molar-refractivity contribution in [2.24, 2.45) is 17.8 Å². The molecule has 2 aliphatic heterocycles. The molecule has 2 unspecified atom stereocenters. The largest absolute Gasteiger partial charge is 0.464 e. The van der Waals surface area contributed by atoms with Gasteiger partial charge in [0.05, 0.1) is 23.3 Å². The van der Waals surface area contributed by atoms with Crippen LogP contribution in [0.2, 0.25) is 0 Å². The van der Waals surface area contributed by atoms with E-state index in [1.807, 2.05) is 44.4 Å². The van der Waals surface area contributed by atoms with Crippen molar-refractivity contribution in [3.8, 4) is 10.6 Å². The van der Waals surface area contributed by atoms with Crippen LogP contribution in [0.3, 0.4) is 0 Å². The van der Waals surface area contributed by atoms with Gasteiger partial charge in [-0.1, -0.05) is 69.9 Å². The third kappa shape index (κ3) is 9.32. The smallest absolute Gasteiger partial charge is 0.332 e. The Labute approximate surface area is 356 Å². The molecule has 2 amide bonds. The third-order valence-corrected chi connectivity index (χ3v) is 13.7. The number of amides is 2. The molecule has 1 aromatic carbocycles. The fourth-order valence-electron chi connectivity index (χ4n) is 9.44. The van der Waals surface area contributed by atoms with Crippen molar-refractivity contribution in [1.82, 2.24) is 30.1 Å². The predicted octanol–water partition coefficient (Wildman–Crippen LogP) is 9.19. The van der Waals surface area contributed by atoms with Crippen LogP contribution in [0.15, 0.2) is 64.5 Å². The van der Waals surface area contributed by atoms with Gasteiger partial charge in [-0.05, 0) is 109 Å². The van der Waals surface area contributed by atoms with Gasteiger partial charge in [0, 0.05) is 43.9 Å². The van der Waals surface area contributed by atoms with Gasteiger partial charge in [0.2, 0.25) is 11.8 Å². The van der Waals surface area contributed by atoms with Crippen molar-refractivity contribution >= 4 is 40.2 Å². The number of thiazole rings is 1. The fourth-order valence-corrected chi connectivity index (χ4v) is 10.4. The molecule has 4 aliphatic carbocycles. The number of nitrogens with zero attached hydrogens (tertiary/aromatic N) is 3. The molecule has 4 heterocycles. The number of rotatable bonds is 7. The van der Waals surface area contributed by atoms with E-state index in [2.05, 4.69) is 57.4 Å². The van der Waals surface area contributed by atoms with Crippen molar-refractivity contribution in [1.29, 1.82) is 0 Å². The molecule has 12 heteroatoms. The van der Waals surface area contributed by atoms with Gasteiger partial charge in [0.25, 0.3) is 0 Å². The molecule has 0 radical (unpaired) electrons. The normalized spacial score (nSPS) is 28.3. The summed E-state index contributed by atoms with van der Waals surface area (Å²) in [5.74, 6) is 1.25. The van der Waals surface area contributed by atoms with Crippen molar-refractivity contribution in [3.63, 3.8) is 0 Å². The van der Waals surface area contributed by atoms with E-state index in [-0.39, 0.29) is 50.9 Å². The minimum absolute atomic E-state index is 0. The summed E-state index contributed by atoms with van der Waals surface area (Å²) >= 11 is 1.69. The monoisotopic (exact) mass is 828 g/mol. The summed E-state index contributed by atoms with van der Waals surface area (Å²) in [6.07, 6.45) is 23.8. The SMILES string of the molecule is CC.CC(C)n1c(=O)[nH]c2c(-c3nc(C4CCCC4)cs3)cccc21.CCOC(=O)[C@@]12C[C@H]1/C=C\CCCCC[C@H](NC1=CC3CC3C=C1)C(=O)N1CCC[C@H]1C(=O)N2.[HH].[HH]. The molecule has 11 nitrogen and oxygen atoms in total. The molecule has 0 spiro atoms. The third-order valence-electron chi connectivity index (χ3n) is 12.8. The van der Waals surface area contributed by atoms with Crippen molar-refractivity contribution < 1.29 is 22.0 Å². The molecule has 3 saturated carbocycles. The molecular weight excluding hydrogens is 761 g/mol. The summed E-state index contributed by atoms with van der Waals surface area (Å²) < 4.78 is 7.13. The Balaban J connectivity index is 0.000000228. The summed E-state index contributed by atoms with van der Waals surface area (Å²) in [7, 11) is 0. The number of nitrogens with one attached hydrogen (secondary N) is 3. The second kappa shape index (κ2) is 18.9. The van der Waals surface area contributed by atoms with Gasteiger partial charge in [-0.25, -0.2) is 14.6 Å². The van der Waals surface area contributed by atoms with Crippen molar-refractivity contribution in [2.75, 3.05) is 13.2 Å². The van der Waals surface area contributed by atoms with Crippen LogP contribution in [-0.4, -0.2) is 68.0 Å². The molecule has 2 aromatic heterocycles. The maximum atomic E-state index is 13.7. The Hall–Kier alpha value is -4.45. The van der Waals surface area contributed by atoms with Gasteiger partial charge in [-0.3, -0.25) is 14.2 Å². The summed E-state index contributed by atoms with van der Waals surface area (Å²) in [4.78, 5) is 61.8. The molecule has 3 N–H and O–H groups in total. The Morgan fingerprint density at radius 1 is 1.03 bits per heavy atom. The first kappa shape index (κ1) is 42.7. The zero-order valence-electron chi connectivity index (χ0n) is 35.6. The van der Waals surface area contributed by atoms with Crippen LogP contribution in [0.4, 0.5) is 0 Å². The number of carbonyl (C=O) groups excluding carboxylic acids is 3. The number of H-pyrrole nitrogens is 1. The predicted molar refractivity (Wildman–Crippen MR) is 239 cm³/mol. The van der Waals surface area contributed by atoms with Crippen molar-refractivity contribution in [3.05, 3.63) is 75.8 Å². The number of carbonyl (C=O) groups is 3. The zero-order valence-corrected chi connectivity index (χ0v) is 36.5. The molecule has 322 valence electrons. The summed E-state index contributed by atoms with van der Waals surface area (Å²) in [6.45, 7) is 10.7. The molecule has 6 atom stereocenters. The number of hydrogen-bond acceptors (Lipinski definition) is 8. The quantitative estimate of drug-likeness (QED) is 0.160. The van der Waals surface area contributed by atoms with Crippen LogP contribution in [0.1, 0.15) is 139 Å². The standard InChI is InChI=1S/C27H37N3O4.C18H21N3OS.C2H6.2H2/c1-2-34-26(33)27-17-20(27)9-6-4-3-5-7-10-22(28-21-13-12-18-15-19(18)16-21)25(32)30-14-8-11-23(30)24(31)29-27;1-11(2)21-15-9-5-8-13(16(15)20-18(21)22)17-19-14(10-23-17)12-6-3-4-7-12;1-2;;/h6,9,12-13,16,18-20,22-23,28H,2-5,7-8,10-11,14-15,17H2,1H3,(H,29,31);5,8-12H,3-4,6-7H2,1-2H3,(H,20,22);1-2H3;2*1H/b9-6-;;;;/t18?,19?,20-,22+,23+,27-;;;;/m1..../s1. The second-order valence-corrected chi connectivity index (χ2v) is 18.0. The molecule has 9 rings (SSSR count). The van der Waals surface area contributed by atoms with Gasteiger partial charge in [-0.2, -0.15) is 0 Å². The summed E-state index contributed by atoms with van der Waals surface area (Å²) in [5, 5.41) is 9.73. The van der Waals surface area contributed by atoms with Gasteiger partial charge in [0.15, 0.2) is 0 Å². The van der Waals surface area contributed by atoms with Gasteiger partial charge < -0.3 is 25.3 Å². The lowest BCUT2D eigenvalue weighted by atomic mass is 10.0. The Morgan fingerprint density at radius 2 is 1.83 bits per heavy atom. The first-order chi connectivity index (χ1) is 28.7. The number of fused-ring (bicyclic) bond motifs is 4. The van der Waals surface area contributed by atoms with Crippen molar-refractivity contribution in [2.45, 2.75) is 148 Å². The summed E-state index contributed by atoms with van der Waals surface area (Å²) in [6, 6.07) is 5.33. The van der Waals surface area contributed by atoms with Gasteiger partial charge in [0.1, 0.15) is 22.6 Å². The summed E-state index contributed by atoms with van der Waals surface area (Å²) in [5.41, 5.74) is 4.12. The van der Waals surface area contributed by atoms with Crippen LogP contribution in [-0.2, 0) is 19.1 Å². The minimum atomic E-state index is -0.989. The number of para-hydroxylation sites is 1. The maximum absolute atomic E-state index is 13.7. The van der Waals surface area contributed by atoms with Crippen LogP contribution in [0.5, 0.6) is 0 Å². The van der Waals surface area contributed by atoms with E-state index in [1.165, 1.54) is 37.8 Å². The first-order valence-electron chi connectivity index (χ1n) is 22.5. The number of ether oxygens (including phenoxy) is 1. The topological polar surface area (TPSA) is 138 Å². The molecule has 1 saturated heterocycles. The first-order valence-corrected chi connectivity index (χ1v) is 23.4. The maximum Gasteiger partial charge on any atom is 0.332 e. The van der Waals surface area contributed by atoms with E-state index in [1.54, 1.807) is 23.2 Å². The Morgan fingerprint density at radius 3 is 2.59 bits per heavy atom. The lowest BCUT2D eigenvalue weighted by Gasteiger charge is -2.30. The average molecular weight is 829 g/mol. The highest BCUT2D eigenvalue weighted by atomic mass is 32.1. The van der Waals surface area contributed by atoms with Gasteiger partial charge >= 0.3 is 11.7 Å². The number of aromatic nitrogens is 3. The van der Waals surface area contributed by atoms with E-state index in [0.717, 1.165) is 65.8 Å². The lowest BCUT2D eigenvalue weighted by Crippen LogP contribution is -2.56. The number of aromatic amines is 1. The Kier molecular flexibility index (Phi) is 13.6. The van der Waals surface area contributed by atoms with Crippen LogP contribution < -0.4 is 16.3 Å². The van der Waals surface area contributed by atoms with E-state index < -0.39 is 11.6 Å². The Bertz CT molecular complexity index is 2140. The molecular formula is C47H68N6O5S. The van der Waals surface area contributed by atoms with E-state index >= 15 is 0 Å². The highest BCUT2D eigenvalue weighted by Crippen LogP contribution is 2.47. The van der Waals surface area contributed by atoms with Crippen LogP contribution in [0.25, 0.3) is 21.6 Å². The number of allylic oxidation sites excluding steroid dienone is 4. The lowest BCUT2D eigenvalue weighted by molar-refractivity contribution is -0.150. The van der Waals surface area contributed by atoms with E-state index in [0.29, 0.717) is 37.1 Å². The van der Waals surface area contributed by atoms with Gasteiger partial charge in [-0.15, -0.1) is 11.3 Å². The molecule has 4 fully saturated rings. The van der Waals surface area contributed by atoms with E-state index in [9.17, 15) is 19.2 Å². The number of hydrogen-bond donors (Lipinski definition) is 3. The highest BCUT2D eigenvalue weighted by molar-refractivity contribution is 7.13. The molecule has 0 bridgehead atoms.